The van der Waals surface area contributed by atoms with Crippen molar-refractivity contribution in [3.8, 4) is 0 Å². The molecule has 1 aliphatic rings. The van der Waals surface area contributed by atoms with Crippen molar-refractivity contribution in [1.29, 1.82) is 0 Å². The van der Waals surface area contributed by atoms with E-state index in [1.54, 1.807) is 6.08 Å². The number of hydrogen-bond donors (Lipinski definition) is 0. The van der Waals surface area contributed by atoms with Gasteiger partial charge in [0.2, 0.25) is 0 Å². The number of alkyl halides is 2. The van der Waals surface area contributed by atoms with Crippen LogP contribution in [0.1, 0.15) is 37.4 Å². The molecule has 4 aromatic carbocycles. The van der Waals surface area contributed by atoms with E-state index in [4.69, 9.17) is 23.2 Å². The van der Waals surface area contributed by atoms with Crippen LogP contribution in [0.4, 0.5) is 17.1 Å². The summed E-state index contributed by atoms with van der Waals surface area (Å²) in [5.74, 6) is -0.755. The van der Waals surface area contributed by atoms with Crippen LogP contribution in [0.3, 0.4) is 0 Å². The lowest BCUT2D eigenvalue weighted by Gasteiger charge is -2.25. The Hall–Kier alpha value is -2.20. The van der Waals surface area contributed by atoms with E-state index in [9.17, 15) is 9.59 Å². The summed E-state index contributed by atoms with van der Waals surface area (Å²) >= 11 is 17.7. The molecule has 0 fully saturated rings. The number of halogens is 4. The van der Waals surface area contributed by atoms with Gasteiger partial charge in [-0.1, -0.05) is 117 Å². The first kappa shape index (κ1) is 26.4. The SMILES string of the molecule is O=C1C(=Cc2ccc(N(c3ccccc3)c3ccccc3)cc2)C(=O)c2c(Cl)c(CI)c(CI)c(Cl)c21. The van der Waals surface area contributed by atoms with Gasteiger partial charge in [0.1, 0.15) is 0 Å². The van der Waals surface area contributed by atoms with Crippen molar-refractivity contribution in [3.63, 3.8) is 0 Å². The predicted octanol–water partition coefficient (Wildman–Crippen LogP) is 9.80. The number of fused-ring (bicyclic) bond motifs is 1. The van der Waals surface area contributed by atoms with Crippen LogP contribution in [0.2, 0.25) is 10.0 Å². The highest BCUT2D eigenvalue weighted by Crippen LogP contribution is 2.43. The maximum atomic E-state index is 13.4. The molecule has 7 heteroatoms. The van der Waals surface area contributed by atoms with Crippen molar-refractivity contribution in [2.45, 2.75) is 8.86 Å². The second-order valence-electron chi connectivity index (χ2n) is 8.42. The van der Waals surface area contributed by atoms with Crippen LogP contribution >= 0.6 is 68.4 Å². The fraction of sp³-hybridized carbons (Fsp3) is 0.0667. The quantitative estimate of drug-likeness (QED) is 0.0853. The van der Waals surface area contributed by atoms with Gasteiger partial charge in [0.25, 0.3) is 0 Å². The lowest BCUT2D eigenvalue weighted by atomic mass is 10.0. The summed E-state index contributed by atoms with van der Waals surface area (Å²) in [6.07, 6.45) is 1.63. The van der Waals surface area contributed by atoms with Crippen LogP contribution in [0.15, 0.2) is 90.5 Å². The van der Waals surface area contributed by atoms with Gasteiger partial charge in [0.15, 0.2) is 11.6 Å². The van der Waals surface area contributed by atoms with E-state index in [0.717, 1.165) is 33.8 Å². The van der Waals surface area contributed by atoms with Crippen molar-refractivity contribution in [2.75, 3.05) is 4.90 Å². The molecule has 0 aromatic heterocycles. The molecule has 1 aliphatic carbocycles. The lowest BCUT2D eigenvalue weighted by Crippen LogP contribution is -2.09. The minimum absolute atomic E-state index is 0.0829. The minimum atomic E-state index is -0.378. The van der Waals surface area contributed by atoms with E-state index < -0.39 is 0 Å². The fourth-order valence-electron chi connectivity index (χ4n) is 4.48. The predicted molar refractivity (Wildman–Crippen MR) is 170 cm³/mol. The highest BCUT2D eigenvalue weighted by molar-refractivity contribution is 14.1. The van der Waals surface area contributed by atoms with Crippen molar-refractivity contribution < 1.29 is 9.59 Å². The normalized spacial score (nSPS) is 12.6. The number of carbonyl (C=O) groups excluding carboxylic acids is 2. The second kappa shape index (κ2) is 11.3. The largest absolute Gasteiger partial charge is 0.311 e. The third-order valence-corrected chi connectivity index (χ3v) is 8.64. The molecule has 0 N–H and O–H groups in total. The van der Waals surface area contributed by atoms with Crippen molar-refractivity contribution in [3.05, 3.63) is 128 Å². The topological polar surface area (TPSA) is 37.4 Å². The summed E-state index contributed by atoms with van der Waals surface area (Å²) in [6, 6.07) is 28.0. The number of ketones is 2. The van der Waals surface area contributed by atoms with E-state index in [2.05, 4.69) is 74.3 Å². The summed E-state index contributed by atoms with van der Waals surface area (Å²) in [7, 11) is 0. The molecule has 0 unspecified atom stereocenters. The molecule has 0 saturated heterocycles. The van der Waals surface area contributed by atoms with Crippen LogP contribution < -0.4 is 4.90 Å². The molecule has 4 aromatic rings. The van der Waals surface area contributed by atoms with Crippen molar-refractivity contribution in [1.82, 2.24) is 0 Å². The van der Waals surface area contributed by atoms with Crippen molar-refractivity contribution >= 4 is 103 Å². The molecular weight excluding hydrogens is 731 g/mol. The van der Waals surface area contributed by atoms with Gasteiger partial charge in [0.05, 0.1) is 26.7 Å². The monoisotopic (exact) mass is 749 g/mol. The molecule has 5 rings (SSSR count). The Balaban J connectivity index is 1.54. The van der Waals surface area contributed by atoms with Crippen LogP contribution in [0.25, 0.3) is 6.08 Å². The zero-order valence-corrected chi connectivity index (χ0v) is 25.2. The Bertz CT molecular complexity index is 1450. The standard InChI is InChI=1S/C30H19Cl2I2NO2/c31-27-23(16-33)24(17-34)28(32)26-25(27)29(36)22(30(26)37)15-18-11-13-21(14-12-18)35(19-7-3-1-4-8-19)20-9-5-2-6-10-20/h1-15H,16-17H2. The Kier molecular flexibility index (Phi) is 8.04. The van der Waals surface area contributed by atoms with Gasteiger partial charge in [-0.15, -0.1) is 0 Å². The number of hydrogen-bond acceptors (Lipinski definition) is 3. The zero-order chi connectivity index (χ0) is 26.1. The first-order valence-corrected chi connectivity index (χ1v) is 15.2. The van der Waals surface area contributed by atoms with Gasteiger partial charge in [0, 0.05) is 25.9 Å². The molecule has 0 saturated carbocycles. The summed E-state index contributed by atoms with van der Waals surface area (Å²) in [6.45, 7) is 0. The molecule has 0 amide bonds. The van der Waals surface area contributed by atoms with E-state index in [1.807, 2.05) is 60.7 Å². The first-order chi connectivity index (χ1) is 18.0. The van der Waals surface area contributed by atoms with Gasteiger partial charge in [-0.3, -0.25) is 9.59 Å². The average molecular weight is 750 g/mol. The Morgan fingerprint density at radius 3 is 1.43 bits per heavy atom. The molecule has 0 spiro atoms. The number of nitrogens with zero attached hydrogens (tertiary/aromatic N) is 1. The number of anilines is 3. The highest BCUT2D eigenvalue weighted by atomic mass is 127. The number of para-hydroxylation sites is 2. The molecule has 37 heavy (non-hydrogen) atoms. The minimum Gasteiger partial charge on any atom is -0.311 e. The maximum absolute atomic E-state index is 13.4. The number of Topliss-reactive ketones (excluding diaryl/α,β-unsaturated/α-hetero) is 2. The molecule has 0 aliphatic heterocycles. The van der Waals surface area contributed by atoms with Gasteiger partial charge in [-0.2, -0.15) is 0 Å². The second-order valence-corrected chi connectivity index (χ2v) is 10.7. The van der Waals surface area contributed by atoms with Crippen LogP contribution in [0.5, 0.6) is 0 Å². The molecule has 0 atom stereocenters. The number of allylic oxidation sites excluding steroid dienone is 1. The Labute approximate surface area is 252 Å². The molecular formula is C30H19Cl2I2NO2. The third kappa shape index (κ3) is 4.87. The summed E-state index contributed by atoms with van der Waals surface area (Å²) in [5.41, 5.74) is 5.90. The molecule has 0 radical (unpaired) electrons. The van der Waals surface area contributed by atoms with E-state index in [0.29, 0.717) is 18.9 Å². The molecule has 3 nitrogen and oxygen atoms in total. The van der Waals surface area contributed by atoms with Crippen LogP contribution in [-0.4, -0.2) is 11.6 Å². The molecule has 0 heterocycles. The van der Waals surface area contributed by atoms with Crippen LogP contribution in [-0.2, 0) is 8.86 Å². The summed E-state index contributed by atoms with van der Waals surface area (Å²) in [4.78, 5) is 28.9. The maximum Gasteiger partial charge on any atom is 0.199 e. The number of carbonyl (C=O) groups is 2. The number of rotatable bonds is 6. The van der Waals surface area contributed by atoms with Gasteiger partial charge >= 0.3 is 0 Å². The van der Waals surface area contributed by atoms with Crippen LogP contribution in [0, 0.1) is 0 Å². The third-order valence-electron chi connectivity index (χ3n) is 6.28. The zero-order valence-electron chi connectivity index (χ0n) is 19.4. The first-order valence-electron chi connectivity index (χ1n) is 11.4. The molecule has 0 bridgehead atoms. The van der Waals surface area contributed by atoms with E-state index >= 15 is 0 Å². The summed E-state index contributed by atoms with van der Waals surface area (Å²) in [5, 5.41) is 0.665. The summed E-state index contributed by atoms with van der Waals surface area (Å²) < 4.78 is 1.20. The Morgan fingerprint density at radius 1 is 0.622 bits per heavy atom. The smallest absolute Gasteiger partial charge is 0.199 e. The van der Waals surface area contributed by atoms with E-state index in [-0.39, 0.29) is 28.3 Å². The van der Waals surface area contributed by atoms with Gasteiger partial charge < -0.3 is 4.90 Å². The van der Waals surface area contributed by atoms with Gasteiger partial charge in [-0.05, 0) is 59.2 Å². The number of benzene rings is 4. The van der Waals surface area contributed by atoms with Gasteiger partial charge in [-0.25, -0.2) is 0 Å². The highest BCUT2D eigenvalue weighted by Gasteiger charge is 2.39. The lowest BCUT2D eigenvalue weighted by molar-refractivity contribution is 0.0990. The average Bonchev–Trinajstić information content (AvgIpc) is 3.18. The van der Waals surface area contributed by atoms with E-state index in [1.165, 1.54) is 0 Å². The van der Waals surface area contributed by atoms with Crippen molar-refractivity contribution in [2.24, 2.45) is 0 Å². The fourth-order valence-corrected chi connectivity index (χ4v) is 7.34. The molecule has 184 valence electrons. The Morgan fingerprint density at radius 2 is 1.03 bits per heavy atom.